The topological polar surface area (TPSA) is 74.6 Å². The highest BCUT2D eigenvalue weighted by molar-refractivity contribution is 5.66. The van der Waals surface area contributed by atoms with E-state index in [2.05, 4.69) is 0 Å². The molecule has 0 bridgehead atoms. The molecule has 0 aliphatic heterocycles. The molecule has 22 heavy (non-hydrogen) atoms. The number of hydrogen-bond acceptors (Lipinski definition) is 2. The lowest BCUT2D eigenvalue weighted by Crippen LogP contribution is -2.19. The van der Waals surface area contributed by atoms with Crippen LogP contribution < -0.4 is 0 Å². The molecule has 1 rings (SSSR count). The average molecular weight is 312 g/mol. The maximum Gasteiger partial charge on any atom is 0.303 e. The van der Waals surface area contributed by atoms with Crippen molar-refractivity contribution in [3.8, 4) is 0 Å². The number of carboxylic acids is 2. The minimum absolute atomic E-state index is 0.303. The maximum atomic E-state index is 10.5. The minimum Gasteiger partial charge on any atom is -0.481 e. The third-order valence-corrected chi connectivity index (χ3v) is 5.00. The summed E-state index contributed by atoms with van der Waals surface area (Å²) < 4.78 is 0. The summed E-state index contributed by atoms with van der Waals surface area (Å²) in [4.78, 5) is 21.0. The fraction of sp³-hybridized carbons (Fsp3) is 0.889. The summed E-state index contributed by atoms with van der Waals surface area (Å²) in [5.41, 5.74) is 0. The first kappa shape index (κ1) is 19.0. The van der Waals surface area contributed by atoms with Crippen LogP contribution in [0, 0.1) is 11.8 Å². The van der Waals surface area contributed by atoms with Crippen molar-refractivity contribution in [1.82, 2.24) is 0 Å². The van der Waals surface area contributed by atoms with Gasteiger partial charge in [0.1, 0.15) is 0 Å². The summed E-state index contributed by atoms with van der Waals surface area (Å²) in [5, 5.41) is 17.3. The molecule has 0 aromatic heterocycles. The van der Waals surface area contributed by atoms with Gasteiger partial charge in [-0.15, -0.1) is 0 Å². The van der Waals surface area contributed by atoms with Crippen LogP contribution in [-0.4, -0.2) is 22.2 Å². The molecule has 2 N–H and O–H groups in total. The molecular formula is C18H32O4. The second-order valence-corrected chi connectivity index (χ2v) is 6.79. The highest BCUT2D eigenvalue weighted by Crippen LogP contribution is 2.36. The minimum atomic E-state index is -0.683. The van der Waals surface area contributed by atoms with Crippen molar-refractivity contribution in [2.75, 3.05) is 0 Å². The van der Waals surface area contributed by atoms with Crippen LogP contribution >= 0.6 is 0 Å². The number of carboxylic acid groups (broad SMARTS) is 2. The van der Waals surface area contributed by atoms with Crippen LogP contribution in [0.5, 0.6) is 0 Å². The monoisotopic (exact) mass is 312 g/mol. The smallest absolute Gasteiger partial charge is 0.303 e. The number of unbranched alkanes of at least 4 members (excludes halogenated alkanes) is 4. The van der Waals surface area contributed by atoms with Crippen molar-refractivity contribution in [3.05, 3.63) is 0 Å². The summed E-state index contributed by atoms with van der Waals surface area (Å²) in [5.74, 6) is 0.268. The zero-order valence-corrected chi connectivity index (χ0v) is 13.8. The van der Waals surface area contributed by atoms with Crippen molar-refractivity contribution >= 4 is 11.9 Å². The lowest BCUT2D eigenvalue weighted by atomic mass is 9.74. The summed E-state index contributed by atoms with van der Waals surface area (Å²) in [7, 11) is 0. The maximum absolute atomic E-state index is 10.5. The zero-order chi connectivity index (χ0) is 16.2. The van der Waals surface area contributed by atoms with Gasteiger partial charge in [-0.25, -0.2) is 0 Å². The summed E-state index contributed by atoms with van der Waals surface area (Å²) in [6, 6.07) is 0. The van der Waals surface area contributed by atoms with E-state index in [4.69, 9.17) is 10.2 Å². The average Bonchev–Trinajstić information content (AvgIpc) is 2.47. The summed E-state index contributed by atoms with van der Waals surface area (Å²) in [6.45, 7) is 0. The first-order valence-corrected chi connectivity index (χ1v) is 9.03. The van der Waals surface area contributed by atoms with Gasteiger partial charge in [0.2, 0.25) is 0 Å². The Hall–Kier alpha value is -1.06. The van der Waals surface area contributed by atoms with E-state index in [1.165, 1.54) is 38.5 Å². The van der Waals surface area contributed by atoms with Crippen LogP contribution in [0.4, 0.5) is 0 Å². The quantitative estimate of drug-likeness (QED) is 0.504. The SMILES string of the molecule is O=C(O)CCCCCC1CCCCC1CCCCCC(=O)O. The van der Waals surface area contributed by atoms with Gasteiger partial charge < -0.3 is 10.2 Å². The molecular weight excluding hydrogens is 280 g/mol. The third kappa shape index (κ3) is 9.06. The van der Waals surface area contributed by atoms with Crippen LogP contribution in [0.2, 0.25) is 0 Å². The molecule has 0 heterocycles. The Labute approximate surface area is 134 Å². The molecule has 1 aliphatic carbocycles. The highest BCUT2D eigenvalue weighted by atomic mass is 16.4. The molecule has 2 unspecified atom stereocenters. The Morgan fingerprint density at radius 3 is 1.45 bits per heavy atom. The van der Waals surface area contributed by atoms with Crippen LogP contribution in [0.1, 0.15) is 89.9 Å². The lowest BCUT2D eigenvalue weighted by molar-refractivity contribution is -0.138. The molecule has 2 atom stereocenters. The van der Waals surface area contributed by atoms with Crippen LogP contribution in [0.25, 0.3) is 0 Å². The molecule has 0 radical (unpaired) electrons. The summed E-state index contributed by atoms with van der Waals surface area (Å²) >= 11 is 0. The van der Waals surface area contributed by atoms with Crippen LogP contribution in [-0.2, 0) is 9.59 Å². The molecule has 128 valence electrons. The van der Waals surface area contributed by atoms with E-state index in [-0.39, 0.29) is 0 Å². The molecule has 1 aliphatic rings. The third-order valence-electron chi connectivity index (χ3n) is 5.00. The van der Waals surface area contributed by atoms with Crippen molar-refractivity contribution in [2.45, 2.75) is 89.9 Å². The molecule has 0 spiro atoms. The van der Waals surface area contributed by atoms with Gasteiger partial charge in [0.15, 0.2) is 0 Å². The Kier molecular flexibility index (Phi) is 9.93. The van der Waals surface area contributed by atoms with Gasteiger partial charge in [0.25, 0.3) is 0 Å². The molecule has 0 amide bonds. The normalized spacial score (nSPS) is 21.6. The Morgan fingerprint density at radius 1 is 0.682 bits per heavy atom. The molecule has 0 aromatic carbocycles. The van der Waals surface area contributed by atoms with Crippen molar-refractivity contribution in [1.29, 1.82) is 0 Å². The molecule has 1 fully saturated rings. The van der Waals surface area contributed by atoms with E-state index in [0.717, 1.165) is 50.4 Å². The number of aliphatic carboxylic acids is 2. The van der Waals surface area contributed by atoms with E-state index in [1.807, 2.05) is 0 Å². The Balaban J connectivity index is 2.13. The fourth-order valence-electron chi connectivity index (χ4n) is 3.76. The van der Waals surface area contributed by atoms with Gasteiger partial charge in [-0.1, -0.05) is 64.2 Å². The largest absolute Gasteiger partial charge is 0.481 e. The first-order valence-electron chi connectivity index (χ1n) is 9.03. The standard InChI is InChI=1S/C18H32O4/c19-17(20)13-5-1-3-9-15-11-7-8-12-16(15)10-4-2-6-14-18(21)22/h15-16H,1-14H2,(H,19,20)(H,21,22). The van der Waals surface area contributed by atoms with Crippen molar-refractivity contribution in [3.63, 3.8) is 0 Å². The zero-order valence-electron chi connectivity index (χ0n) is 13.8. The molecule has 0 saturated heterocycles. The number of carbonyl (C=O) groups is 2. The Bertz CT molecular complexity index is 295. The fourth-order valence-corrected chi connectivity index (χ4v) is 3.76. The number of hydrogen-bond donors (Lipinski definition) is 2. The predicted octanol–water partition coefficient (Wildman–Crippen LogP) is 4.86. The Morgan fingerprint density at radius 2 is 1.09 bits per heavy atom. The molecule has 0 aromatic rings. The molecule has 1 saturated carbocycles. The highest BCUT2D eigenvalue weighted by Gasteiger charge is 2.24. The van der Waals surface area contributed by atoms with Gasteiger partial charge in [0, 0.05) is 12.8 Å². The van der Waals surface area contributed by atoms with E-state index in [0.29, 0.717) is 12.8 Å². The van der Waals surface area contributed by atoms with Crippen molar-refractivity contribution in [2.24, 2.45) is 11.8 Å². The van der Waals surface area contributed by atoms with Gasteiger partial charge in [-0.2, -0.15) is 0 Å². The molecule has 4 heteroatoms. The van der Waals surface area contributed by atoms with Gasteiger partial charge >= 0.3 is 11.9 Å². The lowest BCUT2D eigenvalue weighted by Gasteiger charge is -2.32. The van der Waals surface area contributed by atoms with Gasteiger partial charge in [-0.3, -0.25) is 9.59 Å². The van der Waals surface area contributed by atoms with Crippen molar-refractivity contribution < 1.29 is 19.8 Å². The van der Waals surface area contributed by atoms with E-state index in [9.17, 15) is 9.59 Å². The van der Waals surface area contributed by atoms with Crippen LogP contribution in [0.3, 0.4) is 0 Å². The van der Waals surface area contributed by atoms with E-state index >= 15 is 0 Å². The van der Waals surface area contributed by atoms with E-state index in [1.54, 1.807) is 0 Å². The second kappa shape index (κ2) is 11.5. The van der Waals surface area contributed by atoms with Gasteiger partial charge in [0.05, 0.1) is 0 Å². The molecule has 4 nitrogen and oxygen atoms in total. The van der Waals surface area contributed by atoms with Crippen LogP contribution in [0.15, 0.2) is 0 Å². The predicted molar refractivity (Wildman–Crippen MR) is 86.9 cm³/mol. The number of rotatable bonds is 12. The second-order valence-electron chi connectivity index (χ2n) is 6.79. The summed E-state index contributed by atoms with van der Waals surface area (Å²) in [6.07, 6.45) is 14.5. The van der Waals surface area contributed by atoms with Gasteiger partial charge in [-0.05, 0) is 24.7 Å². The first-order chi connectivity index (χ1) is 10.6. The van der Waals surface area contributed by atoms with E-state index < -0.39 is 11.9 Å².